The van der Waals surface area contributed by atoms with Crippen LogP contribution in [0, 0.1) is 0 Å². The first-order chi connectivity index (χ1) is 18.0. The van der Waals surface area contributed by atoms with E-state index < -0.39 is 0 Å². The maximum absolute atomic E-state index is 12.9. The summed E-state index contributed by atoms with van der Waals surface area (Å²) in [4.78, 5) is 39.2. The Balaban J connectivity index is 1.16. The van der Waals surface area contributed by atoms with Crippen LogP contribution < -0.4 is 14.8 Å². The van der Waals surface area contributed by atoms with E-state index in [4.69, 9.17) is 14.2 Å². The zero-order valence-electron chi connectivity index (χ0n) is 20.6. The van der Waals surface area contributed by atoms with E-state index in [0.29, 0.717) is 47.8 Å². The summed E-state index contributed by atoms with van der Waals surface area (Å²) in [6.45, 7) is 0.938. The van der Waals surface area contributed by atoms with Gasteiger partial charge < -0.3 is 19.5 Å². The molecular weight excluding hydrogens is 472 g/mol. The minimum atomic E-state index is -0.325. The minimum Gasteiger partial charge on any atom is -0.497 e. The first-order valence-electron chi connectivity index (χ1n) is 12.3. The summed E-state index contributed by atoms with van der Waals surface area (Å²) in [5, 5.41) is 2.89. The summed E-state index contributed by atoms with van der Waals surface area (Å²) in [5.74, 6) is 1.08. The van der Waals surface area contributed by atoms with Gasteiger partial charge in [0.2, 0.25) is 5.91 Å². The molecule has 0 radical (unpaired) electrons. The van der Waals surface area contributed by atoms with Gasteiger partial charge in [0.15, 0.2) is 0 Å². The topological polar surface area (TPSA) is 94.2 Å². The zero-order valence-corrected chi connectivity index (χ0v) is 20.6. The van der Waals surface area contributed by atoms with Gasteiger partial charge in [0.1, 0.15) is 17.2 Å². The number of carbonyl (C=O) groups is 3. The van der Waals surface area contributed by atoms with Crippen LogP contribution in [0.3, 0.4) is 0 Å². The second-order valence-electron chi connectivity index (χ2n) is 9.09. The molecule has 8 heteroatoms. The minimum absolute atomic E-state index is 0.0844. The molecule has 2 heterocycles. The Kier molecular flexibility index (Phi) is 7.18. The van der Waals surface area contributed by atoms with E-state index in [1.54, 1.807) is 49.6 Å². The predicted molar refractivity (Wildman–Crippen MR) is 137 cm³/mol. The SMILES string of the molecule is COc1ccc(CCC(=O)Nc2ccc(Oc3ccc4c(c3)C(=O)N(CC3CCCO3)C4=O)cc2)cc1. The lowest BCUT2D eigenvalue weighted by atomic mass is 10.1. The number of ether oxygens (including phenoxy) is 3. The van der Waals surface area contributed by atoms with Crippen molar-refractivity contribution in [3.63, 3.8) is 0 Å². The maximum atomic E-state index is 12.9. The smallest absolute Gasteiger partial charge is 0.261 e. The number of imide groups is 1. The fourth-order valence-corrected chi connectivity index (χ4v) is 4.51. The Hall–Kier alpha value is -4.17. The van der Waals surface area contributed by atoms with E-state index >= 15 is 0 Å². The van der Waals surface area contributed by atoms with Crippen molar-refractivity contribution in [2.24, 2.45) is 0 Å². The largest absolute Gasteiger partial charge is 0.497 e. The Labute approximate surface area is 215 Å². The number of benzene rings is 3. The number of hydrogen-bond acceptors (Lipinski definition) is 6. The van der Waals surface area contributed by atoms with E-state index in [1.165, 1.54) is 4.90 Å². The number of anilines is 1. The average molecular weight is 501 g/mol. The first kappa shape index (κ1) is 24.5. The van der Waals surface area contributed by atoms with Crippen molar-refractivity contribution in [2.75, 3.05) is 25.6 Å². The second-order valence-corrected chi connectivity index (χ2v) is 9.09. The van der Waals surface area contributed by atoms with E-state index in [9.17, 15) is 14.4 Å². The molecule has 0 bridgehead atoms. The summed E-state index contributed by atoms with van der Waals surface area (Å²) in [6.07, 6.45) is 2.68. The summed E-state index contributed by atoms with van der Waals surface area (Å²) in [6, 6.07) is 19.5. The molecule has 1 fully saturated rings. The lowest BCUT2D eigenvalue weighted by Crippen LogP contribution is -2.36. The van der Waals surface area contributed by atoms with Gasteiger partial charge in [-0.15, -0.1) is 0 Å². The molecule has 1 saturated heterocycles. The number of amides is 3. The molecule has 8 nitrogen and oxygen atoms in total. The number of fused-ring (bicyclic) bond motifs is 1. The molecule has 1 atom stereocenters. The Bertz CT molecular complexity index is 1300. The molecule has 2 aliphatic rings. The van der Waals surface area contributed by atoms with Crippen molar-refractivity contribution in [1.29, 1.82) is 0 Å². The van der Waals surface area contributed by atoms with Crippen LogP contribution in [-0.4, -0.2) is 49.0 Å². The molecule has 2 aliphatic heterocycles. The van der Waals surface area contributed by atoms with Crippen LogP contribution in [0.2, 0.25) is 0 Å². The summed E-state index contributed by atoms with van der Waals surface area (Å²) in [5.41, 5.74) is 2.43. The molecule has 0 aromatic heterocycles. The third-order valence-electron chi connectivity index (χ3n) is 6.53. The van der Waals surface area contributed by atoms with Crippen LogP contribution in [0.15, 0.2) is 66.7 Å². The van der Waals surface area contributed by atoms with E-state index in [0.717, 1.165) is 24.2 Å². The van der Waals surface area contributed by atoms with Gasteiger partial charge in [-0.25, -0.2) is 0 Å². The van der Waals surface area contributed by atoms with Crippen LogP contribution >= 0.6 is 0 Å². The molecule has 1 unspecified atom stereocenters. The van der Waals surface area contributed by atoms with Crippen LogP contribution in [0.4, 0.5) is 5.69 Å². The van der Waals surface area contributed by atoms with Crippen molar-refractivity contribution < 1.29 is 28.6 Å². The van der Waals surface area contributed by atoms with Gasteiger partial charge in [0.25, 0.3) is 11.8 Å². The number of methoxy groups -OCH3 is 1. The third-order valence-corrected chi connectivity index (χ3v) is 6.53. The number of nitrogens with one attached hydrogen (secondary N) is 1. The fraction of sp³-hybridized carbons (Fsp3) is 0.276. The number of hydrogen-bond donors (Lipinski definition) is 1. The van der Waals surface area contributed by atoms with Gasteiger partial charge >= 0.3 is 0 Å². The summed E-state index contributed by atoms with van der Waals surface area (Å²) < 4.78 is 16.6. The van der Waals surface area contributed by atoms with Crippen molar-refractivity contribution in [1.82, 2.24) is 4.90 Å². The van der Waals surface area contributed by atoms with Crippen LogP contribution in [0.1, 0.15) is 45.5 Å². The molecule has 0 spiro atoms. The molecule has 37 heavy (non-hydrogen) atoms. The zero-order chi connectivity index (χ0) is 25.8. The van der Waals surface area contributed by atoms with E-state index in [1.807, 2.05) is 24.3 Å². The highest BCUT2D eigenvalue weighted by atomic mass is 16.5. The van der Waals surface area contributed by atoms with E-state index in [-0.39, 0.29) is 30.4 Å². The van der Waals surface area contributed by atoms with Gasteiger partial charge in [-0.05, 0) is 79.4 Å². The van der Waals surface area contributed by atoms with Crippen LogP contribution in [0.25, 0.3) is 0 Å². The number of nitrogens with zero attached hydrogens (tertiary/aromatic N) is 1. The lowest BCUT2D eigenvalue weighted by Gasteiger charge is -2.17. The highest BCUT2D eigenvalue weighted by Crippen LogP contribution is 2.31. The average Bonchev–Trinajstić information content (AvgIpc) is 3.52. The van der Waals surface area contributed by atoms with Gasteiger partial charge in [0, 0.05) is 18.7 Å². The Morgan fingerprint density at radius 3 is 2.35 bits per heavy atom. The fourth-order valence-electron chi connectivity index (χ4n) is 4.51. The number of carbonyl (C=O) groups excluding carboxylic acids is 3. The van der Waals surface area contributed by atoms with Crippen molar-refractivity contribution in [3.8, 4) is 17.2 Å². The van der Waals surface area contributed by atoms with Crippen molar-refractivity contribution in [3.05, 3.63) is 83.4 Å². The quantitative estimate of drug-likeness (QED) is 0.423. The monoisotopic (exact) mass is 500 g/mol. The predicted octanol–water partition coefficient (Wildman–Crippen LogP) is 4.83. The molecule has 0 saturated carbocycles. The Morgan fingerprint density at radius 2 is 1.65 bits per heavy atom. The molecule has 3 aromatic rings. The number of rotatable bonds is 9. The standard InChI is InChI=1S/C29H28N2O6/c1-35-21-9-4-19(5-10-21)6-15-27(32)30-20-7-11-22(12-8-20)37-23-13-14-25-26(17-23)29(34)31(28(25)33)18-24-3-2-16-36-24/h4-5,7-14,17,24H,2-3,6,15-16,18H2,1H3,(H,30,32). The molecule has 1 N–H and O–H groups in total. The first-order valence-corrected chi connectivity index (χ1v) is 12.3. The van der Waals surface area contributed by atoms with Gasteiger partial charge in [-0.1, -0.05) is 12.1 Å². The summed E-state index contributed by atoms with van der Waals surface area (Å²) >= 11 is 0. The third kappa shape index (κ3) is 5.65. The summed E-state index contributed by atoms with van der Waals surface area (Å²) in [7, 11) is 1.62. The van der Waals surface area contributed by atoms with Crippen LogP contribution in [0.5, 0.6) is 17.2 Å². The maximum Gasteiger partial charge on any atom is 0.261 e. The van der Waals surface area contributed by atoms with Crippen LogP contribution in [-0.2, 0) is 16.0 Å². The van der Waals surface area contributed by atoms with Crippen molar-refractivity contribution >= 4 is 23.4 Å². The highest BCUT2D eigenvalue weighted by Gasteiger charge is 2.37. The Morgan fingerprint density at radius 1 is 0.946 bits per heavy atom. The molecular formula is C29H28N2O6. The molecule has 5 rings (SSSR count). The molecule has 3 amide bonds. The number of aryl methyl sites for hydroxylation is 1. The second kappa shape index (κ2) is 10.8. The van der Waals surface area contributed by atoms with Gasteiger partial charge in [0.05, 0.1) is 30.9 Å². The molecule has 0 aliphatic carbocycles. The van der Waals surface area contributed by atoms with E-state index in [2.05, 4.69) is 5.32 Å². The lowest BCUT2D eigenvalue weighted by molar-refractivity contribution is -0.116. The highest BCUT2D eigenvalue weighted by molar-refractivity contribution is 6.21. The molecule has 190 valence electrons. The molecule has 3 aromatic carbocycles. The van der Waals surface area contributed by atoms with Gasteiger partial charge in [-0.2, -0.15) is 0 Å². The van der Waals surface area contributed by atoms with Crippen molar-refractivity contribution in [2.45, 2.75) is 31.8 Å². The normalized spacial score (nSPS) is 16.6. The van der Waals surface area contributed by atoms with Gasteiger partial charge in [-0.3, -0.25) is 19.3 Å².